The summed E-state index contributed by atoms with van der Waals surface area (Å²) < 4.78 is 0. The molecule has 0 aromatic rings. The summed E-state index contributed by atoms with van der Waals surface area (Å²) in [6.45, 7) is 1.83. The number of alkyl halides is 1. The zero-order valence-corrected chi connectivity index (χ0v) is 7.40. The van der Waals surface area contributed by atoms with E-state index in [0.717, 1.165) is 25.1 Å². The van der Waals surface area contributed by atoms with Crippen LogP contribution < -0.4 is 0 Å². The molecule has 0 amide bonds. The van der Waals surface area contributed by atoms with Crippen molar-refractivity contribution in [1.82, 2.24) is 0 Å². The average Bonchev–Trinajstić information content (AvgIpc) is 1.87. The molecule has 0 aliphatic heterocycles. The molecule has 1 atom stereocenters. The minimum atomic E-state index is -0.129. The number of rotatable bonds is 6. The van der Waals surface area contributed by atoms with Crippen LogP contribution in [0.2, 0.25) is 0 Å². The fraction of sp³-hybridized carbons (Fsp3) is 1.00. The van der Waals surface area contributed by atoms with Crippen LogP contribution in [0.15, 0.2) is 0 Å². The summed E-state index contributed by atoms with van der Waals surface area (Å²) in [5.74, 6) is 0.772. The van der Waals surface area contributed by atoms with Gasteiger partial charge >= 0.3 is 0 Å². The number of unbranched alkanes of at least 4 members (excludes halogenated alkanes) is 3. The maximum Gasteiger partial charge on any atom is 0.0512 e. The predicted octanol–water partition coefficient (Wildman–Crippen LogP) is 2.56. The lowest BCUT2D eigenvalue weighted by Gasteiger charge is -2.01. The quantitative estimate of drug-likeness (QED) is 0.473. The van der Waals surface area contributed by atoms with Gasteiger partial charge in [-0.05, 0) is 19.8 Å². The Morgan fingerprint density at radius 2 is 1.80 bits per heavy atom. The Balaban J connectivity index is 2.77. The third kappa shape index (κ3) is 8.25. The van der Waals surface area contributed by atoms with Gasteiger partial charge in [0.15, 0.2) is 0 Å². The summed E-state index contributed by atoms with van der Waals surface area (Å²) in [7, 11) is 0. The molecule has 0 radical (unpaired) electrons. The topological polar surface area (TPSA) is 20.2 Å². The Hall–Kier alpha value is 0.250. The first-order valence-corrected chi connectivity index (χ1v) is 4.55. The van der Waals surface area contributed by atoms with Crippen molar-refractivity contribution in [3.63, 3.8) is 0 Å². The van der Waals surface area contributed by atoms with Gasteiger partial charge in [0.05, 0.1) is 6.10 Å². The molecule has 10 heavy (non-hydrogen) atoms. The van der Waals surface area contributed by atoms with Crippen molar-refractivity contribution in [3.8, 4) is 0 Å². The van der Waals surface area contributed by atoms with Crippen molar-refractivity contribution in [1.29, 1.82) is 0 Å². The Morgan fingerprint density at radius 1 is 1.20 bits per heavy atom. The maximum atomic E-state index is 8.88. The standard InChI is InChI=1S/C8H17ClO/c1-8(10)6-4-2-3-5-7-9/h8,10H,2-7H2,1H3/t8-/m0/s1. The molecule has 0 bridgehead atoms. The first kappa shape index (κ1) is 10.2. The molecule has 1 nitrogen and oxygen atoms in total. The highest BCUT2D eigenvalue weighted by Crippen LogP contribution is 2.05. The fourth-order valence-corrected chi connectivity index (χ4v) is 1.08. The molecule has 0 fully saturated rings. The van der Waals surface area contributed by atoms with Gasteiger partial charge in [-0.3, -0.25) is 0 Å². The highest BCUT2D eigenvalue weighted by atomic mass is 35.5. The van der Waals surface area contributed by atoms with Gasteiger partial charge in [-0.2, -0.15) is 0 Å². The molecular formula is C8H17ClO. The molecular weight excluding hydrogens is 148 g/mol. The van der Waals surface area contributed by atoms with Crippen LogP contribution in [0.5, 0.6) is 0 Å². The second-order valence-corrected chi connectivity index (χ2v) is 3.12. The van der Waals surface area contributed by atoms with Crippen molar-refractivity contribution in [2.45, 2.75) is 45.1 Å². The summed E-state index contributed by atoms with van der Waals surface area (Å²) in [4.78, 5) is 0. The van der Waals surface area contributed by atoms with Crippen LogP contribution in [0, 0.1) is 0 Å². The van der Waals surface area contributed by atoms with E-state index in [2.05, 4.69) is 0 Å². The Morgan fingerprint density at radius 3 is 2.30 bits per heavy atom. The summed E-state index contributed by atoms with van der Waals surface area (Å²) in [5.41, 5.74) is 0. The predicted molar refractivity (Wildman–Crippen MR) is 45.5 cm³/mol. The van der Waals surface area contributed by atoms with E-state index in [0.29, 0.717) is 0 Å². The molecule has 2 heteroatoms. The van der Waals surface area contributed by atoms with Crippen molar-refractivity contribution in [2.24, 2.45) is 0 Å². The number of aliphatic hydroxyl groups excluding tert-OH is 1. The van der Waals surface area contributed by atoms with E-state index >= 15 is 0 Å². The molecule has 0 saturated heterocycles. The monoisotopic (exact) mass is 164 g/mol. The maximum absolute atomic E-state index is 8.88. The van der Waals surface area contributed by atoms with E-state index in [1.54, 1.807) is 0 Å². The minimum absolute atomic E-state index is 0.129. The lowest BCUT2D eigenvalue weighted by atomic mass is 10.1. The van der Waals surface area contributed by atoms with E-state index in [-0.39, 0.29) is 6.10 Å². The van der Waals surface area contributed by atoms with Gasteiger partial charge in [0.2, 0.25) is 0 Å². The lowest BCUT2D eigenvalue weighted by Crippen LogP contribution is -1.98. The number of hydrogen-bond acceptors (Lipinski definition) is 1. The van der Waals surface area contributed by atoms with E-state index in [4.69, 9.17) is 16.7 Å². The van der Waals surface area contributed by atoms with Crippen LogP contribution in [0.25, 0.3) is 0 Å². The zero-order valence-electron chi connectivity index (χ0n) is 6.65. The lowest BCUT2D eigenvalue weighted by molar-refractivity contribution is 0.180. The highest BCUT2D eigenvalue weighted by molar-refractivity contribution is 6.17. The van der Waals surface area contributed by atoms with Crippen molar-refractivity contribution in [3.05, 3.63) is 0 Å². The van der Waals surface area contributed by atoms with Crippen LogP contribution in [-0.4, -0.2) is 17.1 Å². The largest absolute Gasteiger partial charge is 0.393 e. The van der Waals surface area contributed by atoms with Crippen molar-refractivity contribution >= 4 is 11.6 Å². The SMILES string of the molecule is C[C@H](O)CCCCCCCl. The van der Waals surface area contributed by atoms with Gasteiger partial charge in [0.25, 0.3) is 0 Å². The van der Waals surface area contributed by atoms with Crippen LogP contribution in [0.4, 0.5) is 0 Å². The molecule has 0 saturated carbocycles. The molecule has 0 aliphatic carbocycles. The van der Waals surface area contributed by atoms with Crippen molar-refractivity contribution in [2.75, 3.05) is 5.88 Å². The molecule has 0 aromatic heterocycles. The van der Waals surface area contributed by atoms with E-state index in [1.165, 1.54) is 12.8 Å². The molecule has 1 N–H and O–H groups in total. The Labute approximate surface area is 68.4 Å². The third-order valence-electron chi connectivity index (χ3n) is 1.51. The van der Waals surface area contributed by atoms with Crippen molar-refractivity contribution < 1.29 is 5.11 Å². The van der Waals surface area contributed by atoms with Gasteiger partial charge in [-0.1, -0.05) is 19.3 Å². The van der Waals surface area contributed by atoms with Gasteiger partial charge in [0.1, 0.15) is 0 Å². The number of halogens is 1. The van der Waals surface area contributed by atoms with Gasteiger partial charge in [-0.15, -0.1) is 11.6 Å². The Kier molecular flexibility index (Phi) is 7.54. The van der Waals surface area contributed by atoms with Crippen LogP contribution in [0.3, 0.4) is 0 Å². The van der Waals surface area contributed by atoms with Gasteiger partial charge in [0, 0.05) is 5.88 Å². The summed E-state index contributed by atoms with van der Waals surface area (Å²) in [6.07, 6.45) is 5.46. The average molecular weight is 165 g/mol. The van der Waals surface area contributed by atoms with E-state index in [9.17, 15) is 0 Å². The van der Waals surface area contributed by atoms with E-state index < -0.39 is 0 Å². The van der Waals surface area contributed by atoms with Gasteiger partial charge in [-0.25, -0.2) is 0 Å². The minimum Gasteiger partial charge on any atom is -0.393 e. The van der Waals surface area contributed by atoms with E-state index in [1.807, 2.05) is 6.92 Å². The first-order valence-electron chi connectivity index (χ1n) is 4.01. The normalized spacial score (nSPS) is 13.5. The van der Waals surface area contributed by atoms with Crippen LogP contribution >= 0.6 is 11.6 Å². The molecule has 62 valence electrons. The van der Waals surface area contributed by atoms with Crippen LogP contribution in [0.1, 0.15) is 39.0 Å². The summed E-state index contributed by atoms with van der Waals surface area (Å²) >= 11 is 5.49. The van der Waals surface area contributed by atoms with Gasteiger partial charge < -0.3 is 5.11 Å². The Bertz CT molecular complexity index is 64.3. The van der Waals surface area contributed by atoms with Crippen LogP contribution in [-0.2, 0) is 0 Å². The fourth-order valence-electron chi connectivity index (χ4n) is 0.888. The summed E-state index contributed by atoms with van der Waals surface area (Å²) in [6, 6.07) is 0. The molecule has 0 spiro atoms. The molecule has 0 heterocycles. The summed E-state index contributed by atoms with van der Waals surface area (Å²) in [5, 5.41) is 8.88. The molecule has 0 rings (SSSR count). The first-order chi connectivity index (χ1) is 4.77. The highest BCUT2D eigenvalue weighted by Gasteiger charge is 1.94. The molecule has 0 aromatic carbocycles. The second kappa shape index (κ2) is 7.36. The molecule has 0 unspecified atom stereocenters. The third-order valence-corrected chi connectivity index (χ3v) is 1.77. The smallest absolute Gasteiger partial charge is 0.0512 e. The second-order valence-electron chi connectivity index (χ2n) is 2.74. The molecule has 0 aliphatic rings. The zero-order chi connectivity index (χ0) is 7.82. The number of aliphatic hydroxyl groups is 1. The number of hydrogen-bond donors (Lipinski definition) is 1.